The first-order chi connectivity index (χ1) is 7.38. The van der Waals surface area contributed by atoms with E-state index in [9.17, 15) is 0 Å². The van der Waals surface area contributed by atoms with Crippen molar-refractivity contribution in [2.75, 3.05) is 0 Å². The number of thiazole rings is 1. The maximum absolute atomic E-state index is 4.33. The Bertz CT molecular complexity index is 443. The van der Waals surface area contributed by atoms with Crippen molar-refractivity contribution >= 4 is 23.5 Å². The van der Waals surface area contributed by atoms with Crippen molar-refractivity contribution in [2.24, 2.45) is 0 Å². The van der Waals surface area contributed by atoms with Gasteiger partial charge < -0.3 is 0 Å². The molecule has 1 nitrogen and oxygen atoms in total. The fourth-order valence-electron chi connectivity index (χ4n) is 1.29. The Kier molecular flexibility index (Phi) is 3.30. The lowest BCUT2D eigenvalue weighted by molar-refractivity contribution is 1.17. The molecule has 2 heteroatoms. The maximum Gasteiger partial charge on any atom is 0.116 e. The Morgan fingerprint density at radius 2 is 2.00 bits per heavy atom. The molecule has 0 unspecified atom stereocenters. The van der Waals surface area contributed by atoms with E-state index in [1.165, 1.54) is 10.4 Å². The molecule has 0 spiro atoms. The molecule has 2 aromatic rings. The average molecular weight is 215 g/mol. The second-order valence-electron chi connectivity index (χ2n) is 3.26. The third kappa shape index (κ3) is 2.77. The van der Waals surface area contributed by atoms with Gasteiger partial charge in [0.1, 0.15) is 5.01 Å². The van der Waals surface area contributed by atoms with Gasteiger partial charge >= 0.3 is 0 Å². The number of aryl methyl sites for hydroxylation is 1. The van der Waals surface area contributed by atoms with Crippen LogP contribution in [0.4, 0.5) is 0 Å². The minimum absolute atomic E-state index is 1.07. The summed E-state index contributed by atoms with van der Waals surface area (Å²) in [6.07, 6.45) is 7.18. The molecule has 0 saturated carbocycles. The monoisotopic (exact) mass is 215 g/mol. The van der Waals surface area contributed by atoms with E-state index in [1.54, 1.807) is 11.3 Å². The summed E-state index contributed by atoms with van der Waals surface area (Å²) >= 11 is 1.75. The molecule has 1 heterocycles. The van der Waals surface area contributed by atoms with E-state index in [-0.39, 0.29) is 0 Å². The van der Waals surface area contributed by atoms with Crippen LogP contribution >= 0.6 is 11.3 Å². The van der Waals surface area contributed by atoms with Crippen LogP contribution in [-0.2, 0) is 6.42 Å². The molecule has 15 heavy (non-hydrogen) atoms. The molecule has 0 N–H and O–H groups in total. The van der Waals surface area contributed by atoms with Crippen LogP contribution in [0.2, 0.25) is 0 Å². The van der Waals surface area contributed by atoms with Gasteiger partial charge in [0.15, 0.2) is 0 Å². The summed E-state index contributed by atoms with van der Waals surface area (Å²) in [4.78, 5) is 5.67. The van der Waals surface area contributed by atoms with Gasteiger partial charge in [0.05, 0.1) is 0 Å². The Morgan fingerprint density at radius 1 is 1.20 bits per heavy atom. The van der Waals surface area contributed by atoms with Gasteiger partial charge in [-0.2, -0.15) is 0 Å². The van der Waals surface area contributed by atoms with Gasteiger partial charge in [-0.05, 0) is 18.1 Å². The first-order valence-corrected chi connectivity index (χ1v) is 5.88. The van der Waals surface area contributed by atoms with Crippen molar-refractivity contribution in [3.8, 4) is 0 Å². The van der Waals surface area contributed by atoms with E-state index in [4.69, 9.17) is 0 Å². The van der Waals surface area contributed by atoms with Crippen molar-refractivity contribution < 1.29 is 0 Å². The number of rotatable bonds is 3. The summed E-state index contributed by atoms with van der Waals surface area (Å²) in [6, 6.07) is 10.3. The first kappa shape index (κ1) is 10.1. The van der Waals surface area contributed by atoms with Crippen LogP contribution in [0.3, 0.4) is 0 Å². The fourth-order valence-corrected chi connectivity index (χ4v) is 2.05. The molecule has 0 fully saturated rings. The van der Waals surface area contributed by atoms with Gasteiger partial charge in [-0.15, -0.1) is 11.3 Å². The summed E-state index contributed by atoms with van der Waals surface area (Å²) in [5, 5.41) is 1.08. The molecular formula is C13H13NS. The molecule has 1 aromatic heterocycles. The quantitative estimate of drug-likeness (QED) is 0.757. The highest BCUT2D eigenvalue weighted by Crippen LogP contribution is 2.16. The largest absolute Gasteiger partial charge is 0.245 e. The lowest BCUT2D eigenvalue weighted by atomic mass is 10.2. The van der Waals surface area contributed by atoms with Crippen LogP contribution in [-0.4, -0.2) is 4.98 Å². The summed E-state index contributed by atoms with van der Waals surface area (Å²) in [5.41, 5.74) is 1.21. The SMILES string of the molecule is CCc1cnc(C=Cc2ccccc2)s1. The lowest BCUT2D eigenvalue weighted by Gasteiger charge is -1.89. The van der Waals surface area contributed by atoms with E-state index in [1.807, 2.05) is 24.4 Å². The molecule has 0 aliphatic rings. The zero-order valence-electron chi connectivity index (χ0n) is 8.68. The van der Waals surface area contributed by atoms with Crippen LogP contribution in [0, 0.1) is 0 Å². The normalized spacial score (nSPS) is 11.0. The van der Waals surface area contributed by atoms with Crippen molar-refractivity contribution in [1.82, 2.24) is 4.98 Å². The fraction of sp³-hybridized carbons (Fsp3) is 0.154. The zero-order chi connectivity index (χ0) is 10.5. The second kappa shape index (κ2) is 4.89. The van der Waals surface area contributed by atoms with Crippen LogP contribution in [0.25, 0.3) is 12.2 Å². The molecule has 76 valence electrons. The molecular weight excluding hydrogens is 202 g/mol. The predicted molar refractivity (Wildman–Crippen MR) is 66.9 cm³/mol. The Hall–Kier alpha value is -1.41. The molecule has 1 aromatic carbocycles. The second-order valence-corrected chi connectivity index (χ2v) is 4.41. The molecule has 0 aliphatic carbocycles. The molecule has 2 rings (SSSR count). The molecule has 0 aliphatic heterocycles. The Balaban J connectivity index is 2.11. The van der Waals surface area contributed by atoms with E-state index >= 15 is 0 Å². The van der Waals surface area contributed by atoms with E-state index in [0.29, 0.717) is 0 Å². The topological polar surface area (TPSA) is 12.9 Å². The van der Waals surface area contributed by atoms with E-state index < -0.39 is 0 Å². The van der Waals surface area contributed by atoms with Crippen LogP contribution in [0.5, 0.6) is 0 Å². The predicted octanol–water partition coefficient (Wildman–Crippen LogP) is 3.88. The summed E-state index contributed by atoms with van der Waals surface area (Å²) < 4.78 is 0. The smallest absolute Gasteiger partial charge is 0.116 e. The third-order valence-corrected chi connectivity index (χ3v) is 3.24. The summed E-state index contributed by atoms with van der Waals surface area (Å²) in [7, 11) is 0. The Morgan fingerprint density at radius 3 is 2.67 bits per heavy atom. The number of hydrogen-bond acceptors (Lipinski definition) is 2. The standard InChI is InChI=1S/C13H13NS/c1-2-12-10-14-13(15-12)9-8-11-6-4-3-5-7-11/h3-10H,2H2,1H3. The van der Waals surface area contributed by atoms with Gasteiger partial charge in [0, 0.05) is 11.1 Å². The number of benzene rings is 1. The minimum atomic E-state index is 1.07. The lowest BCUT2D eigenvalue weighted by Crippen LogP contribution is -1.69. The zero-order valence-corrected chi connectivity index (χ0v) is 9.50. The molecule has 0 radical (unpaired) electrons. The maximum atomic E-state index is 4.33. The van der Waals surface area contributed by atoms with Gasteiger partial charge in [0.25, 0.3) is 0 Å². The number of hydrogen-bond donors (Lipinski definition) is 0. The van der Waals surface area contributed by atoms with Crippen LogP contribution in [0.15, 0.2) is 36.5 Å². The number of aromatic nitrogens is 1. The first-order valence-electron chi connectivity index (χ1n) is 5.06. The van der Waals surface area contributed by atoms with Crippen LogP contribution in [0.1, 0.15) is 22.4 Å². The summed E-state index contributed by atoms with van der Waals surface area (Å²) in [5.74, 6) is 0. The molecule has 0 saturated heterocycles. The highest BCUT2D eigenvalue weighted by molar-refractivity contribution is 7.12. The van der Waals surface area contributed by atoms with Gasteiger partial charge in [0.2, 0.25) is 0 Å². The minimum Gasteiger partial charge on any atom is -0.245 e. The number of nitrogens with zero attached hydrogens (tertiary/aromatic N) is 1. The van der Waals surface area contributed by atoms with E-state index in [2.05, 4.69) is 36.2 Å². The highest BCUT2D eigenvalue weighted by atomic mass is 32.1. The van der Waals surface area contributed by atoms with Crippen molar-refractivity contribution in [3.63, 3.8) is 0 Å². The highest BCUT2D eigenvalue weighted by Gasteiger charge is 1.95. The molecule has 0 atom stereocenters. The Labute approximate surface area is 94.1 Å². The van der Waals surface area contributed by atoms with Crippen molar-refractivity contribution in [3.05, 3.63) is 52.0 Å². The van der Waals surface area contributed by atoms with Gasteiger partial charge in [-0.3, -0.25) is 0 Å². The average Bonchev–Trinajstić information content (AvgIpc) is 2.76. The molecule has 0 bridgehead atoms. The summed E-state index contributed by atoms with van der Waals surface area (Å²) in [6.45, 7) is 2.15. The van der Waals surface area contributed by atoms with Gasteiger partial charge in [-0.1, -0.05) is 43.3 Å². The van der Waals surface area contributed by atoms with E-state index in [0.717, 1.165) is 11.4 Å². The third-order valence-electron chi connectivity index (χ3n) is 2.14. The van der Waals surface area contributed by atoms with Crippen molar-refractivity contribution in [2.45, 2.75) is 13.3 Å². The molecule has 0 amide bonds. The van der Waals surface area contributed by atoms with Gasteiger partial charge in [-0.25, -0.2) is 4.98 Å². The van der Waals surface area contributed by atoms with Crippen LogP contribution < -0.4 is 0 Å². The van der Waals surface area contributed by atoms with Crippen molar-refractivity contribution in [1.29, 1.82) is 0 Å².